The number of anilines is 1. The largest absolute Gasteiger partial charge is 0.398 e. The molecule has 1 atom stereocenters. The lowest BCUT2D eigenvalue weighted by Crippen LogP contribution is -2.52. The van der Waals surface area contributed by atoms with E-state index in [-0.39, 0.29) is 48.5 Å². The molecule has 0 aromatic heterocycles. The first-order valence-electron chi connectivity index (χ1n) is 11.5. The van der Waals surface area contributed by atoms with Crippen molar-refractivity contribution in [2.45, 2.75) is 50.7 Å². The molecule has 0 spiro atoms. The standard InChI is InChI=1S/C25H26F2N4O3/c26-17-1-2-21(28)16(9-17)12-30-7-5-14(6-8-30)18-10-15-13-31(25(34)19(15)11-20(18)27)22-3-4-23(32)29-24(22)33/h1-2,9-11,14,22H,3-8,12-13,28H2,(H,29,32,33). The van der Waals surface area contributed by atoms with Gasteiger partial charge in [-0.05, 0) is 79.2 Å². The van der Waals surface area contributed by atoms with Gasteiger partial charge in [-0.2, -0.15) is 0 Å². The minimum atomic E-state index is -0.720. The Bertz CT molecular complexity index is 1180. The number of carbonyl (C=O) groups is 3. The summed E-state index contributed by atoms with van der Waals surface area (Å²) < 4.78 is 28.6. The van der Waals surface area contributed by atoms with E-state index in [9.17, 15) is 18.8 Å². The molecule has 3 N–H and O–H groups in total. The lowest BCUT2D eigenvalue weighted by molar-refractivity contribution is -0.136. The number of benzene rings is 2. The Morgan fingerprint density at radius 3 is 2.53 bits per heavy atom. The second-order valence-electron chi connectivity index (χ2n) is 9.32. The Morgan fingerprint density at radius 1 is 1.03 bits per heavy atom. The van der Waals surface area contributed by atoms with E-state index in [1.54, 1.807) is 12.1 Å². The summed E-state index contributed by atoms with van der Waals surface area (Å²) in [6.45, 7) is 2.21. The SMILES string of the molecule is Nc1ccc(F)cc1CN1CCC(c2cc3c(cc2F)C(=O)N(C2CCC(=O)NC2=O)C3)CC1. The van der Waals surface area contributed by atoms with Crippen LogP contribution in [0.5, 0.6) is 0 Å². The van der Waals surface area contributed by atoms with Gasteiger partial charge in [0.25, 0.3) is 5.91 Å². The molecule has 3 aliphatic heterocycles. The third-order valence-electron chi connectivity index (χ3n) is 7.17. The number of likely N-dealkylation sites (tertiary alicyclic amines) is 1. The predicted molar refractivity (Wildman–Crippen MR) is 121 cm³/mol. The van der Waals surface area contributed by atoms with Gasteiger partial charge in [-0.15, -0.1) is 0 Å². The number of imide groups is 1. The third kappa shape index (κ3) is 4.16. The molecule has 5 rings (SSSR count). The number of nitrogens with two attached hydrogens (primary N) is 1. The van der Waals surface area contributed by atoms with Crippen LogP contribution < -0.4 is 11.1 Å². The predicted octanol–water partition coefficient (Wildman–Crippen LogP) is 2.69. The van der Waals surface area contributed by atoms with E-state index >= 15 is 4.39 Å². The Hall–Kier alpha value is -3.33. The molecule has 0 bridgehead atoms. The molecule has 3 amide bonds. The van der Waals surface area contributed by atoms with Crippen LogP contribution in [-0.2, 0) is 22.7 Å². The summed E-state index contributed by atoms with van der Waals surface area (Å²) >= 11 is 0. The minimum Gasteiger partial charge on any atom is -0.398 e. The molecule has 3 heterocycles. The quantitative estimate of drug-likeness (QED) is 0.532. The molecule has 0 aliphatic carbocycles. The van der Waals surface area contributed by atoms with Crippen LogP contribution in [0.4, 0.5) is 14.5 Å². The summed E-state index contributed by atoms with van der Waals surface area (Å²) in [5.41, 5.74) is 8.85. The summed E-state index contributed by atoms with van der Waals surface area (Å²) in [6.07, 6.45) is 1.91. The van der Waals surface area contributed by atoms with Gasteiger partial charge in [0.15, 0.2) is 0 Å². The summed E-state index contributed by atoms with van der Waals surface area (Å²) in [5, 5.41) is 2.28. The maximum atomic E-state index is 15.1. The molecular weight excluding hydrogens is 442 g/mol. The second-order valence-corrected chi connectivity index (χ2v) is 9.32. The average Bonchev–Trinajstić information content (AvgIpc) is 3.11. The first-order valence-corrected chi connectivity index (χ1v) is 11.5. The molecule has 34 heavy (non-hydrogen) atoms. The first kappa shape index (κ1) is 22.5. The lowest BCUT2D eigenvalue weighted by atomic mass is 9.87. The lowest BCUT2D eigenvalue weighted by Gasteiger charge is -2.32. The van der Waals surface area contributed by atoms with Crippen LogP contribution in [0.15, 0.2) is 30.3 Å². The van der Waals surface area contributed by atoms with Gasteiger partial charge in [0, 0.05) is 30.8 Å². The first-order chi connectivity index (χ1) is 16.3. The minimum absolute atomic E-state index is 0.00570. The fraction of sp³-hybridized carbons (Fsp3) is 0.400. The molecule has 2 aromatic carbocycles. The third-order valence-corrected chi connectivity index (χ3v) is 7.17. The van der Waals surface area contributed by atoms with Gasteiger partial charge in [0.05, 0.1) is 0 Å². The van der Waals surface area contributed by atoms with Crippen LogP contribution in [0.2, 0.25) is 0 Å². The Balaban J connectivity index is 1.27. The molecule has 2 fully saturated rings. The van der Waals surface area contributed by atoms with Crippen LogP contribution >= 0.6 is 0 Å². The van der Waals surface area contributed by atoms with Crippen molar-refractivity contribution in [3.05, 3.63) is 64.2 Å². The van der Waals surface area contributed by atoms with Crippen LogP contribution in [-0.4, -0.2) is 46.7 Å². The van der Waals surface area contributed by atoms with Crippen LogP contribution in [0.1, 0.15) is 58.6 Å². The highest BCUT2D eigenvalue weighted by Crippen LogP contribution is 2.36. The zero-order valence-electron chi connectivity index (χ0n) is 18.7. The number of nitrogens with one attached hydrogen (secondary N) is 1. The highest BCUT2D eigenvalue weighted by molar-refractivity contribution is 6.05. The Morgan fingerprint density at radius 2 is 1.79 bits per heavy atom. The topological polar surface area (TPSA) is 95.7 Å². The number of halogens is 2. The number of rotatable bonds is 4. The highest BCUT2D eigenvalue weighted by Gasteiger charge is 2.40. The summed E-state index contributed by atoms with van der Waals surface area (Å²) in [7, 11) is 0. The van der Waals surface area contributed by atoms with Gasteiger partial charge in [-0.1, -0.05) is 6.07 Å². The van der Waals surface area contributed by atoms with Crippen molar-refractivity contribution >= 4 is 23.4 Å². The van der Waals surface area contributed by atoms with Crippen molar-refractivity contribution in [3.8, 4) is 0 Å². The molecule has 0 saturated carbocycles. The molecular formula is C25H26F2N4O3. The molecule has 2 saturated heterocycles. The van der Waals surface area contributed by atoms with Gasteiger partial charge < -0.3 is 10.6 Å². The van der Waals surface area contributed by atoms with Crippen LogP contribution in [0.3, 0.4) is 0 Å². The van der Waals surface area contributed by atoms with E-state index < -0.39 is 17.8 Å². The zero-order chi connectivity index (χ0) is 24.0. The second kappa shape index (κ2) is 8.79. The highest BCUT2D eigenvalue weighted by atomic mass is 19.1. The van der Waals surface area contributed by atoms with Gasteiger partial charge in [-0.3, -0.25) is 24.6 Å². The monoisotopic (exact) mass is 468 g/mol. The smallest absolute Gasteiger partial charge is 0.255 e. The van der Waals surface area contributed by atoms with Crippen molar-refractivity contribution in [1.29, 1.82) is 0 Å². The maximum absolute atomic E-state index is 15.1. The van der Waals surface area contributed by atoms with Crippen LogP contribution in [0, 0.1) is 11.6 Å². The van der Waals surface area contributed by atoms with Crippen molar-refractivity contribution in [2.75, 3.05) is 18.8 Å². The van der Waals surface area contributed by atoms with E-state index in [1.807, 2.05) is 0 Å². The Labute approximate surface area is 195 Å². The fourth-order valence-corrected chi connectivity index (χ4v) is 5.28. The number of hydrogen-bond acceptors (Lipinski definition) is 5. The van der Waals surface area contributed by atoms with Gasteiger partial charge in [0.2, 0.25) is 11.8 Å². The van der Waals surface area contributed by atoms with Gasteiger partial charge in [0.1, 0.15) is 17.7 Å². The normalized spacial score (nSPS) is 21.6. The van der Waals surface area contributed by atoms with E-state index in [0.29, 0.717) is 23.4 Å². The van der Waals surface area contributed by atoms with E-state index in [0.717, 1.165) is 31.5 Å². The number of fused-ring (bicyclic) bond motifs is 1. The van der Waals surface area contributed by atoms with Crippen molar-refractivity contribution < 1.29 is 23.2 Å². The number of amides is 3. The van der Waals surface area contributed by atoms with Gasteiger partial charge in [-0.25, -0.2) is 8.78 Å². The number of nitrogen functional groups attached to an aromatic ring is 1. The van der Waals surface area contributed by atoms with Gasteiger partial charge >= 0.3 is 0 Å². The molecule has 2 aromatic rings. The van der Waals surface area contributed by atoms with Crippen molar-refractivity contribution in [3.63, 3.8) is 0 Å². The fourth-order valence-electron chi connectivity index (χ4n) is 5.28. The molecule has 178 valence electrons. The molecule has 9 heteroatoms. The number of hydrogen-bond donors (Lipinski definition) is 2. The summed E-state index contributed by atoms with van der Waals surface area (Å²) in [4.78, 5) is 40.2. The molecule has 0 radical (unpaired) electrons. The van der Waals surface area contributed by atoms with E-state index in [2.05, 4.69) is 10.2 Å². The van der Waals surface area contributed by atoms with Crippen molar-refractivity contribution in [2.24, 2.45) is 0 Å². The summed E-state index contributed by atoms with van der Waals surface area (Å²) in [5.74, 6) is -1.93. The van der Waals surface area contributed by atoms with Crippen molar-refractivity contribution in [1.82, 2.24) is 15.1 Å². The number of piperidine rings is 2. The maximum Gasteiger partial charge on any atom is 0.255 e. The zero-order valence-corrected chi connectivity index (χ0v) is 18.7. The van der Waals surface area contributed by atoms with E-state index in [4.69, 9.17) is 5.73 Å². The molecule has 7 nitrogen and oxygen atoms in total. The Kier molecular flexibility index (Phi) is 5.81. The summed E-state index contributed by atoms with van der Waals surface area (Å²) in [6, 6.07) is 6.69. The number of nitrogens with zero attached hydrogens (tertiary/aromatic N) is 2. The van der Waals surface area contributed by atoms with E-state index in [1.165, 1.54) is 23.1 Å². The number of carbonyl (C=O) groups excluding carboxylic acids is 3. The molecule has 1 unspecified atom stereocenters. The van der Waals surface area contributed by atoms with Crippen LogP contribution in [0.25, 0.3) is 0 Å². The molecule has 3 aliphatic rings. The average molecular weight is 469 g/mol.